The normalized spacial score (nSPS) is 14.0. The third-order valence-corrected chi connectivity index (χ3v) is 3.79. The number of amides is 1. The Balaban J connectivity index is 1.90. The number of rotatable bonds is 4. The minimum absolute atomic E-state index is 0.0753. The lowest BCUT2D eigenvalue weighted by Crippen LogP contribution is -2.29. The molecule has 3 rings (SSSR count). The second-order valence-corrected chi connectivity index (χ2v) is 5.38. The molecule has 3 nitrogen and oxygen atoms in total. The Morgan fingerprint density at radius 3 is 1.86 bits per heavy atom. The van der Waals surface area contributed by atoms with Gasteiger partial charge in [0.15, 0.2) is 5.78 Å². The highest BCUT2D eigenvalue weighted by Crippen LogP contribution is 2.25. The molecule has 0 radical (unpaired) electrons. The van der Waals surface area contributed by atoms with Crippen molar-refractivity contribution < 1.29 is 9.59 Å². The number of allylic oxidation sites excluding steroid dienone is 2. The minimum Gasteiger partial charge on any atom is -0.329 e. The molecule has 110 valence electrons. The van der Waals surface area contributed by atoms with Gasteiger partial charge in [0.05, 0.1) is 5.92 Å². The Morgan fingerprint density at radius 2 is 1.41 bits per heavy atom. The van der Waals surface area contributed by atoms with Crippen LogP contribution in [0, 0.1) is 0 Å². The number of hydrogen-bond acceptors (Lipinski definition) is 2. The van der Waals surface area contributed by atoms with Crippen molar-refractivity contribution >= 4 is 11.7 Å². The van der Waals surface area contributed by atoms with Crippen molar-refractivity contribution in [3.63, 3.8) is 0 Å². The Morgan fingerprint density at radius 1 is 0.864 bits per heavy atom. The van der Waals surface area contributed by atoms with E-state index in [0.717, 1.165) is 11.1 Å². The molecule has 0 atom stereocenters. The lowest BCUT2D eigenvalue weighted by atomic mass is 9.90. The molecule has 22 heavy (non-hydrogen) atoms. The third-order valence-electron chi connectivity index (χ3n) is 3.79. The lowest BCUT2D eigenvalue weighted by molar-refractivity contribution is -0.121. The summed E-state index contributed by atoms with van der Waals surface area (Å²) in [6.45, 7) is 0. The van der Waals surface area contributed by atoms with Crippen LogP contribution in [0.4, 0.5) is 0 Å². The van der Waals surface area contributed by atoms with Gasteiger partial charge < -0.3 is 5.32 Å². The first kappa shape index (κ1) is 14.3. The third kappa shape index (κ3) is 3.14. The van der Waals surface area contributed by atoms with Gasteiger partial charge in [-0.05, 0) is 17.5 Å². The molecule has 3 heteroatoms. The van der Waals surface area contributed by atoms with Gasteiger partial charge in [-0.15, -0.1) is 0 Å². The van der Waals surface area contributed by atoms with Crippen LogP contribution in [-0.2, 0) is 9.59 Å². The highest BCUT2D eigenvalue weighted by Gasteiger charge is 2.24. The molecule has 1 amide bonds. The molecule has 1 aliphatic rings. The maximum absolute atomic E-state index is 12.7. The van der Waals surface area contributed by atoms with E-state index in [0.29, 0.717) is 18.5 Å². The largest absolute Gasteiger partial charge is 0.329 e. The number of nitrogens with one attached hydrogen (secondary N) is 1. The summed E-state index contributed by atoms with van der Waals surface area (Å²) in [5.74, 6) is -0.399. The summed E-state index contributed by atoms with van der Waals surface area (Å²) in [5, 5.41) is 2.91. The molecule has 0 unspecified atom stereocenters. The van der Waals surface area contributed by atoms with Crippen molar-refractivity contribution in [3.8, 4) is 0 Å². The first-order chi connectivity index (χ1) is 10.7. The molecule has 0 aliphatic heterocycles. The second kappa shape index (κ2) is 6.39. The van der Waals surface area contributed by atoms with E-state index in [4.69, 9.17) is 0 Å². The van der Waals surface area contributed by atoms with Crippen molar-refractivity contribution in [1.82, 2.24) is 5.32 Å². The number of ketones is 1. The van der Waals surface area contributed by atoms with Crippen LogP contribution in [0.3, 0.4) is 0 Å². The van der Waals surface area contributed by atoms with Crippen molar-refractivity contribution in [2.75, 3.05) is 0 Å². The fraction of sp³-hybridized carbons (Fsp3) is 0.158. The smallest absolute Gasteiger partial charge is 0.236 e. The molecule has 0 fully saturated rings. The molecule has 1 N–H and O–H groups in total. The monoisotopic (exact) mass is 291 g/mol. The van der Waals surface area contributed by atoms with Gasteiger partial charge in [0, 0.05) is 18.2 Å². The fourth-order valence-electron chi connectivity index (χ4n) is 2.71. The van der Waals surface area contributed by atoms with Gasteiger partial charge in [-0.1, -0.05) is 60.7 Å². The average molecular weight is 291 g/mol. The fourth-order valence-corrected chi connectivity index (χ4v) is 2.71. The van der Waals surface area contributed by atoms with Gasteiger partial charge in [0.2, 0.25) is 5.91 Å². The summed E-state index contributed by atoms with van der Waals surface area (Å²) in [4.78, 5) is 24.1. The molecule has 1 aliphatic carbocycles. The summed E-state index contributed by atoms with van der Waals surface area (Å²) in [6, 6.07) is 19.4. The highest BCUT2D eigenvalue weighted by molar-refractivity contribution is 5.95. The van der Waals surface area contributed by atoms with Crippen molar-refractivity contribution in [2.45, 2.75) is 18.8 Å². The summed E-state index contributed by atoms with van der Waals surface area (Å²) in [6.07, 6.45) is 2.63. The molecule has 2 aromatic rings. The summed E-state index contributed by atoms with van der Waals surface area (Å²) in [7, 11) is 0. The number of benzene rings is 2. The Bertz CT molecular complexity index is 665. The maximum Gasteiger partial charge on any atom is 0.236 e. The van der Waals surface area contributed by atoms with Crippen molar-refractivity contribution in [1.29, 1.82) is 0 Å². The van der Waals surface area contributed by atoms with E-state index in [-0.39, 0.29) is 17.6 Å². The Labute approximate surface area is 129 Å². The number of carbonyl (C=O) groups is 2. The van der Waals surface area contributed by atoms with E-state index in [2.05, 4.69) is 5.32 Å². The molecule has 0 aromatic heterocycles. The topological polar surface area (TPSA) is 46.2 Å². The first-order valence-corrected chi connectivity index (χ1v) is 7.38. The summed E-state index contributed by atoms with van der Waals surface area (Å²) < 4.78 is 0. The second-order valence-electron chi connectivity index (χ2n) is 5.38. The van der Waals surface area contributed by atoms with E-state index in [1.54, 1.807) is 0 Å². The highest BCUT2D eigenvalue weighted by atomic mass is 16.2. The summed E-state index contributed by atoms with van der Waals surface area (Å²) in [5.41, 5.74) is 2.60. The van der Waals surface area contributed by atoms with Crippen LogP contribution in [-0.4, -0.2) is 11.7 Å². The van der Waals surface area contributed by atoms with Gasteiger partial charge >= 0.3 is 0 Å². The minimum atomic E-state index is -0.376. The molecule has 0 bridgehead atoms. The van der Waals surface area contributed by atoms with Crippen LogP contribution >= 0.6 is 0 Å². The van der Waals surface area contributed by atoms with Crippen LogP contribution in [0.2, 0.25) is 0 Å². The maximum atomic E-state index is 12.7. The molecule has 0 saturated carbocycles. The van der Waals surface area contributed by atoms with Crippen LogP contribution in [0.5, 0.6) is 0 Å². The molecule has 2 aromatic carbocycles. The standard InChI is InChI=1S/C19H17NO2/c21-17-12-11-16(13-17)20-19(22)18(14-7-3-1-4-8-14)15-9-5-2-6-10-15/h1-10,13,18H,11-12H2,(H,20,22). The van der Waals surface area contributed by atoms with Gasteiger partial charge in [-0.25, -0.2) is 0 Å². The molecular weight excluding hydrogens is 274 g/mol. The Kier molecular flexibility index (Phi) is 4.15. The van der Waals surface area contributed by atoms with Crippen LogP contribution in [0.25, 0.3) is 0 Å². The average Bonchev–Trinajstić information content (AvgIpc) is 2.95. The quantitative estimate of drug-likeness (QED) is 0.940. The van der Waals surface area contributed by atoms with Gasteiger partial charge in [-0.2, -0.15) is 0 Å². The predicted molar refractivity (Wildman–Crippen MR) is 85.2 cm³/mol. The Hall–Kier alpha value is -2.68. The number of carbonyl (C=O) groups excluding carboxylic acids is 2. The number of hydrogen-bond donors (Lipinski definition) is 1. The molecular formula is C19H17NO2. The van der Waals surface area contributed by atoms with Gasteiger partial charge in [0.25, 0.3) is 0 Å². The molecule has 0 spiro atoms. The summed E-state index contributed by atoms with van der Waals surface area (Å²) >= 11 is 0. The first-order valence-electron chi connectivity index (χ1n) is 7.38. The van der Waals surface area contributed by atoms with Gasteiger partial charge in [-0.3, -0.25) is 9.59 Å². The van der Waals surface area contributed by atoms with E-state index in [9.17, 15) is 9.59 Å². The van der Waals surface area contributed by atoms with Crippen LogP contribution in [0.1, 0.15) is 29.9 Å². The van der Waals surface area contributed by atoms with E-state index < -0.39 is 0 Å². The van der Waals surface area contributed by atoms with Crippen LogP contribution < -0.4 is 5.32 Å². The molecule has 0 heterocycles. The zero-order chi connectivity index (χ0) is 15.4. The lowest BCUT2D eigenvalue weighted by Gasteiger charge is -2.18. The van der Waals surface area contributed by atoms with Crippen LogP contribution in [0.15, 0.2) is 72.4 Å². The van der Waals surface area contributed by atoms with E-state index in [1.165, 1.54) is 6.08 Å². The van der Waals surface area contributed by atoms with Crippen molar-refractivity contribution in [3.05, 3.63) is 83.6 Å². The predicted octanol–water partition coefficient (Wildman–Crippen LogP) is 3.18. The van der Waals surface area contributed by atoms with Gasteiger partial charge in [0.1, 0.15) is 0 Å². The van der Waals surface area contributed by atoms with E-state index in [1.807, 2.05) is 60.7 Å². The molecule has 0 saturated heterocycles. The van der Waals surface area contributed by atoms with E-state index >= 15 is 0 Å². The zero-order valence-corrected chi connectivity index (χ0v) is 12.2. The van der Waals surface area contributed by atoms with Crippen molar-refractivity contribution in [2.24, 2.45) is 0 Å². The SMILES string of the molecule is O=C1C=C(NC(=O)C(c2ccccc2)c2ccccc2)CC1. The zero-order valence-electron chi connectivity index (χ0n) is 12.2.